The summed E-state index contributed by atoms with van der Waals surface area (Å²) < 4.78 is 2.34. The number of benzene rings is 6. The summed E-state index contributed by atoms with van der Waals surface area (Å²) in [5.74, 6) is 1.51. The summed E-state index contributed by atoms with van der Waals surface area (Å²) in [6, 6.07) is 42.6. The van der Waals surface area contributed by atoms with Crippen molar-refractivity contribution in [1.29, 1.82) is 0 Å². The van der Waals surface area contributed by atoms with Crippen LogP contribution in [-0.4, -0.2) is 19.6 Å². The average Bonchev–Trinajstić information content (AvgIpc) is 3.55. The molecule has 1 N–H and O–H groups in total. The maximum atomic E-state index is 12.4. The van der Waals surface area contributed by atoms with Gasteiger partial charge in [0.25, 0.3) is 0 Å². The van der Waals surface area contributed by atoms with Crippen LogP contribution in [0.15, 0.2) is 115 Å². The molecule has 0 saturated heterocycles. The molecule has 4 nitrogen and oxygen atoms in total. The number of rotatable bonds is 6. The number of para-hydroxylation sites is 2. The van der Waals surface area contributed by atoms with Crippen LogP contribution in [0, 0.1) is 13.5 Å². The number of aromatic nitrogens is 3. The molecule has 6 aromatic carbocycles. The number of hydrogen-bond acceptors (Lipinski definition) is 3. The Kier molecular flexibility index (Phi) is 11.7. The van der Waals surface area contributed by atoms with Gasteiger partial charge in [0.2, 0.25) is 0 Å². The summed E-state index contributed by atoms with van der Waals surface area (Å²) in [6.45, 7) is 22.3. The molecular weight excluding hydrogens is 890 g/mol. The number of aromatic hydroxyl groups is 1. The zero-order chi connectivity index (χ0) is 39.7. The number of pyridine rings is 1. The molecule has 0 spiro atoms. The topological polar surface area (TPSA) is 50.9 Å². The van der Waals surface area contributed by atoms with Gasteiger partial charge in [-0.15, -0.1) is 17.7 Å². The van der Waals surface area contributed by atoms with Gasteiger partial charge in [-0.05, 0) is 68.3 Å². The van der Waals surface area contributed by atoms with Crippen molar-refractivity contribution in [2.45, 2.75) is 91.9 Å². The monoisotopic (exact) mass is 944 g/mol. The minimum atomic E-state index is -0.298. The van der Waals surface area contributed by atoms with E-state index in [4.69, 9.17) is 9.97 Å². The average molecular weight is 945 g/mol. The normalized spacial score (nSPS) is 12.1. The van der Waals surface area contributed by atoms with Crippen molar-refractivity contribution in [3.05, 3.63) is 151 Å². The molecule has 58 heavy (non-hydrogen) atoms. The van der Waals surface area contributed by atoms with E-state index in [1.165, 1.54) is 11.1 Å². The fourth-order valence-electron chi connectivity index (χ4n) is 8.20. The van der Waals surface area contributed by atoms with Crippen LogP contribution in [-0.2, 0) is 31.9 Å². The summed E-state index contributed by atoms with van der Waals surface area (Å²) in [5.41, 5.74) is 11.6. The molecular formula is C53H55N3OPt. The van der Waals surface area contributed by atoms with E-state index in [1.807, 2.05) is 6.20 Å². The molecule has 8 aromatic rings. The molecule has 0 aliphatic rings. The van der Waals surface area contributed by atoms with E-state index in [-0.39, 0.29) is 56.9 Å². The van der Waals surface area contributed by atoms with Gasteiger partial charge in [-0.2, -0.15) is 0 Å². The zero-order valence-corrected chi connectivity index (χ0v) is 38.0. The minimum absolute atomic E-state index is 0. The predicted octanol–water partition coefficient (Wildman–Crippen LogP) is 14.5. The first-order valence-electron chi connectivity index (χ1n) is 20.0. The van der Waals surface area contributed by atoms with E-state index >= 15 is 0 Å². The maximum absolute atomic E-state index is 12.4. The Balaban J connectivity index is 0.00000283. The van der Waals surface area contributed by atoms with Gasteiger partial charge in [0.1, 0.15) is 11.6 Å². The third-order valence-electron chi connectivity index (χ3n) is 11.3. The number of phenols is 1. The molecule has 0 bridgehead atoms. The van der Waals surface area contributed by atoms with Crippen LogP contribution in [0.2, 0.25) is 0 Å². The van der Waals surface area contributed by atoms with Crippen molar-refractivity contribution in [3.63, 3.8) is 0 Å². The van der Waals surface area contributed by atoms with Crippen LogP contribution in [0.1, 0.15) is 103 Å². The van der Waals surface area contributed by atoms with Crippen molar-refractivity contribution in [2.75, 3.05) is 0 Å². The second-order valence-corrected chi connectivity index (χ2v) is 18.0. The maximum Gasteiger partial charge on any atom is 2.00 e. The molecule has 0 aliphatic carbocycles. The molecule has 5 heteroatoms. The molecule has 0 aliphatic heterocycles. The predicted molar refractivity (Wildman–Crippen MR) is 243 cm³/mol. The van der Waals surface area contributed by atoms with Crippen LogP contribution in [0.5, 0.6) is 5.75 Å². The van der Waals surface area contributed by atoms with Gasteiger partial charge < -0.3 is 12.5 Å². The van der Waals surface area contributed by atoms with Crippen LogP contribution >= 0.6 is 0 Å². The second-order valence-electron chi connectivity index (χ2n) is 18.0. The second kappa shape index (κ2) is 15.9. The van der Waals surface area contributed by atoms with Crippen molar-refractivity contribution in [2.24, 2.45) is 0 Å². The van der Waals surface area contributed by atoms with E-state index in [2.05, 4.69) is 189 Å². The van der Waals surface area contributed by atoms with Gasteiger partial charge in [-0.3, -0.25) is 9.55 Å². The number of phenolic OH excluding ortho intramolecular Hbond substituents is 1. The Hall–Kier alpha value is -5.05. The first kappa shape index (κ1) is 42.6. The standard InChI is InChI=1S/C52H52N3O.CH3.Pt/c1-31(2)37-21-15-22-38(32(3)4)48(37)55-45-24-16-23-41(47(45)54-50(55)43-29-36(51(5,6)7)30-44(49(43)56)52(8,9)10)35-27-34-18-12-13-19-39(34)42(28-35)46-40-20-14-11-17-33(40)25-26-53-46;;/h11-27,29-32,56H,1-10H3;1H3;/q2*-1;+2. The van der Waals surface area contributed by atoms with E-state index in [0.29, 0.717) is 0 Å². The van der Waals surface area contributed by atoms with Gasteiger partial charge in [0, 0.05) is 17.5 Å². The van der Waals surface area contributed by atoms with E-state index in [1.54, 1.807) is 0 Å². The quantitative estimate of drug-likeness (QED) is 0.169. The van der Waals surface area contributed by atoms with Crippen molar-refractivity contribution < 1.29 is 26.2 Å². The zero-order valence-electron chi connectivity index (χ0n) is 35.7. The molecule has 8 rings (SSSR count). The first-order chi connectivity index (χ1) is 26.6. The van der Waals surface area contributed by atoms with Crippen molar-refractivity contribution in [3.8, 4) is 45.2 Å². The number of nitrogens with zero attached hydrogens (tertiary/aromatic N) is 3. The summed E-state index contributed by atoms with van der Waals surface area (Å²) in [7, 11) is 0. The van der Waals surface area contributed by atoms with E-state index in [9.17, 15) is 5.11 Å². The molecule has 0 fully saturated rings. The van der Waals surface area contributed by atoms with Crippen LogP contribution < -0.4 is 0 Å². The van der Waals surface area contributed by atoms with Gasteiger partial charge in [-0.1, -0.05) is 176 Å². The number of imidazole rings is 1. The number of hydrogen-bond donors (Lipinski definition) is 1. The van der Waals surface area contributed by atoms with Gasteiger partial charge in [0.05, 0.1) is 22.3 Å². The summed E-state index contributed by atoms with van der Waals surface area (Å²) >= 11 is 0. The Bertz CT molecular complexity index is 2760. The van der Waals surface area contributed by atoms with E-state index in [0.717, 1.165) is 83.2 Å². The van der Waals surface area contributed by atoms with Crippen LogP contribution in [0.4, 0.5) is 0 Å². The van der Waals surface area contributed by atoms with Crippen LogP contribution in [0.3, 0.4) is 0 Å². The third kappa shape index (κ3) is 7.41. The fourth-order valence-corrected chi connectivity index (χ4v) is 8.20. The third-order valence-corrected chi connectivity index (χ3v) is 11.3. The SMILES string of the molecule is CC(C)c1cccc(C(C)C)c1-n1c(-c2cc(C(C)(C)C)cc(C(C)(C)C)c2O)nc2c(-c3[c-]c(-c4nccc5ccccc45)c4ccccc4c3)cccc21.[CH3-].[Pt+2]. The largest absolute Gasteiger partial charge is 2.00 e. The fraction of sp³-hybridized carbons (Fsp3) is 0.264. The smallest absolute Gasteiger partial charge is 0.507 e. The summed E-state index contributed by atoms with van der Waals surface area (Å²) in [5, 5.41) is 16.9. The molecule has 2 aromatic heterocycles. The molecule has 2 heterocycles. The Morgan fingerprint density at radius 2 is 1.28 bits per heavy atom. The molecule has 0 unspecified atom stereocenters. The molecule has 0 radical (unpaired) electrons. The van der Waals surface area contributed by atoms with Crippen molar-refractivity contribution >= 4 is 32.6 Å². The summed E-state index contributed by atoms with van der Waals surface area (Å²) in [4.78, 5) is 10.6. The Labute approximate surface area is 359 Å². The molecule has 0 atom stereocenters. The van der Waals surface area contributed by atoms with Gasteiger partial charge in [0.15, 0.2) is 0 Å². The van der Waals surface area contributed by atoms with Crippen molar-refractivity contribution in [1.82, 2.24) is 14.5 Å². The first-order valence-corrected chi connectivity index (χ1v) is 20.0. The molecule has 298 valence electrons. The van der Waals surface area contributed by atoms with Gasteiger partial charge >= 0.3 is 21.1 Å². The molecule has 0 amide bonds. The summed E-state index contributed by atoms with van der Waals surface area (Å²) in [6.07, 6.45) is 1.89. The van der Waals surface area contributed by atoms with Crippen LogP contribution in [0.25, 0.3) is 72.0 Å². The van der Waals surface area contributed by atoms with E-state index < -0.39 is 0 Å². The Morgan fingerprint density at radius 1 is 0.655 bits per heavy atom. The molecule has 0 saturated carbocycles. The van der Waals surface area contributed by atoms with Gasteiger partial charge in [-0.25, -0.2) is 4.98 Å². The Morgan fingerprint density at radius 3 is 1.91 bits per heavy atom. The minimum Gasteiger partial charge on any atom is -0.507 e. The number of fused-ring (bicyclic) bond motifs is 3.